The number of amides is 1. The second kappa shape index (κ2) is 8.89. The minimum atomic E-state index is -0.145. The van der Waals surface area contributed by atoms with Crippen molar-refractivity contribution in [1.29, 1.82) is 0 Å². The quantitative estimate of drug-likeness (QED) is 0.717. The summed E-state index contributed by atoms with van der Waals surface area (Å²) in [6.07, 6.45) is 2.49. The van der Waals surface area contributed by atoms with E-state index in [9.17, 15) is 9.90 Å². The summed E-state index contributed by atoms with van der Waals surface area (Å²) in [6, 6.07) is 8.62. The van der Waals surface area contributed by atoms with Gasteiger partial charge in [-0.25, -0.2) is 0 Å². The third-order valence-electron chi connectivity index (χ3n) is 4.36. The van der Waals surface area contributed by atoms with Crippen molar-refractivity contribution in [3.8, 4) is 0 Å². The first-order chi connectivity index (χ1) is 11.1. The molecule has 2 rings (SSSR count). The number of nitrogens with zero attached hydrogens (tertiary/aromatic N) is 1. The van der Waals surface area contributed by atoms with Crippen molar-refractivity contribution in [3.05, 3.63) is 29.8 Å². The van der Waals surface area contributed by atoms with Crippen molar-refractivity contribution in [2.45, 2.75) is 45.3 Å². The molecule has 5 heteroatoms. The lowest BCUT2D eigenvalue weighted by Gasteiger charge is -2.31. The molecule has 1 unspecified atom stereocenters. The van der Waals surface area contributed by atoms with E-state index in [1.54, 1.807) is 0 Å². The molecule has 23 heavy (non-hydrogen) atoms. The van der Waals surface area contributed by atoms with E-state index in [1.807, 2.05) is 6.92 Å². The Morgan fingerprint density at radius 2 is 1.96 bits per heavy atom. The van der Waals surface area contributed by atoms with Crippen LogP contribution in [0.15, 0.2) is 24.3 Å². The molecule has 1 saturated heterocycles. The maximum atomic E-state index is 11.6. The standard InChI is InChI=1S/C18H29N3O2/c1-3-10-19-18(23)13-20-14(2)15-4-6-16(7-5-15)21-11-8-17(22)9-12-21/h4-7,14,17,20,22H,3,8-13H2,1-2H3,(H,19,23). The van der Waals surface area contributed by atoms with Gasteiger partial charge in [0.25, 0.3) is 0 Å². The number of aliphatic hydroxyl groups excluding tert-OH is 1. The van der Waals surface area contributed by atoms with Gasteiger partial charge in [-0.2, -0.15) is 0 Å². The molecule has 1 fully saturated rings. The summed E-state index contributed by atoms with van der Waals surface area (Å²) >= 11 is 0. The Morgan fingerprint density at radius 3 is 2.57 bits per heavy atom. The van der Waals surface area contributed by atoms with E-state index in [4.69, 9.17) is 0 Å². The van der Waals surface area contributed by atoms with Crippen LogP contribution in [0.3, 0.4) is 0 Å². The number of aliphatic hydroxyl groups is 1. The van der Waals surface area contributed by atoms with Gasteiger partial charge in [0.1, 0.15) is 0 Å². The maximum absolute atomic E-state index is 11.6. The topological polar surface area (TPSA) is 64.6 Å². The molecule has 0 spiro atoms. The highest BCUT2D eigenvalue weighted by Gasteiger charge is 2.17. The molecule has 0 aromatic heterocycles. The molecule has 1 aliphatic heterocycles. The Labute approximate surface area is 139 Å². The van der Waals surface area contributed by atoms with E-state index in [0.717, 1.165) is 38.9 Å². The molecule has 0 aliphatic carbocycles. The van der Waals surface area contributed by atoms with Crippen LogP contribution in [-0.2, 0) is 4.79 Å². The van der Waals surface area contributed by atoms with E-state index in [-0.39, 0.29) is 18.1 Å². The highest BCUT2D eigenvalue weighted by molar-refractivity contribution is 5.78. The SMILES string of the molecule is CCCNC(=O)CNC(C)c1ccc(N2CCC(O)CC2)cc1. The zero-order valence-corrected chi connectivity index (χ0v) is 14.2. The van der Waals surface area contributed by atoms with Crippen LogP contribution in [0.4, 0.5) is 5.69 Å². The molecule has 1 heterocycles. The van der Waals surface area contributed by atoms with Gasteiger partial charge in [0.15, 0.2) is 0 Å². The first kappa shape index (κ1) is 17.8. The normalized spacial score (nSPS) is 17.1. The number of hydrogen-bond donors (Lipinski definition) is 3. The second-order valence-electron chi connectivity index (χ2n) is 6.26. The summed E-state index contributed by atoms with van der Waals surface area (Å²) < 4.78 is 0. The van der Waals surface area contributed by atoms with Crippen LogP contribution < -0.4 is 15.5 Å². The van der Waals surface area contributed by atoms with Gasteiger partial charge in [0.05, 0.1) is 12.6 Å². The second-order valence-corrected chi connectivity index (χ2v) is 6.26. The average Bonchev–Trinajstić information content (AvgIpc) is 2.58. The number of rotatable bonds is 7. The molecule has 5 nitrogen and oxygen atoms in total. The fourth-order valence-electron chi connectivity index (χ4n) is 2.79. The average molecular weight is 319 g/mol. The van der Waals surface area contributed by atoms with E-state index >= 15 is 0 Å². The van der Waals surface area contributed by atoms with Crippen LogP contribution in [0.25, 0.3) is 0 Å². The van der Waals surface area contributed by atoms with Gasteiger partial charge in [-0.3, -0.25) is 4.79 Å². The molecule has 1 aromatic rings. The summed E-state index contributed by atoms with van der Waals surface area (Å²) in [7, 11) is 0. The molecular formula is C18H29N3O2. The molecule has 0 radical (unpaired) electrons. The maximum Gasteiger partial charge on any atom is 0.233 e. The van der Waals surface area contributed by atoms with Crippen LogP contribution in [0, 0.1) is 0 Å². The largest absolute Gasteiger partial charge is 0.393 e. The molecule has 1 amide bonds. The van der Waals surface area contributed by atoms with Gasteiger partial charge < -0.3 is 20.6 Å². The summed E-state index contributed by atoms with van der Waals surface area (Å²) in [4.78, 5) is 13.9. The Morgan fingerprint density at radius 1 is 1.30 bits per heavy atom. The predicted octanol–water partition coefficient (Wildman–Crippen LogP) is 1.82. The van der Waals surface area contributed by atoms with Crippen molar-refractivity contribution < 1.29 is 9.90 Å². The first-order valence-corrected chi connectivity index (χ1v) is 8.63. The zero-order chi connectivity index (χ0) is 16.7. The molecule has 3 N–H and O–H groups in total. The van der Waals surface area contributed by atoms with Gasteiger partial charge in [-0.15, -0.1) is 0 Å². The van der Waals surface area contributed by atoms with Gasteiger partial charge in [-0.05, 0) is 43.9 Å². The molecule has 0 saturated carbocycles. The Balaban J connectivity index is 1.82. The number of carbonyl (C=O) groups is 1. The number of piperidine rings is 1. The van der Waals surface area contributed by atoms with Crippen LogP contribution in [0.2, 0.25) is 0 Å². The minimum Gasteiger partial charge on any atom is -0.393 e. The highest BCUT2D eigenvalue weighted by Crippen LogP contribution is 2.22. The van der Waals surface area contributed by atoms with Crippen molar-refractivity contribution in [2.75, 3.05) is 31.1 Å². The number of benzene rings is 1. The summed E-state index contributed by atoms with van der Waals surface area (Å²) in [5, 5.41) is 15.7. The molecule has 128 valence electrons. The van der Waals surface area contributed by atoms with Crippen molar-refractivity contribution in [3.63, 3.8) is 0 Å². The van der Waals surface area contributed by atoms with E-state index in [1.165, 1.54) is 11.3 Å². The van der Waals surface area contributed by atoms with Crippen LogP contribution in [-0.4, -0.2) is 43.3 Å². The van der Waals surface area contributed by atoms with Crippen LogP contribution in [0.1, 0.15) is 44.7 Å². The van der Waals surface area contributed by atoms with Crippen LogP contribution >= 0.6 is 0 Å². The number of anilines is 1. The van der Waals surface area contributed by atoms with E-state index in [2.05, 4.69) is 46.7 Å². The fourth-order valence-corrected chi connectivity index (χ4v) is 2.79. The number of carbonyl (C=O) groups excluding carboxylic acids is 1. The summed E-state index contributed by atoms with van der Waals surface area (Å²) in [5.74, 6) is 0.0437. The Kier molecular flexibility index (Phi) is 6.86. The van der Waals surface area contributed by atoms with Crippen molar-refractivity contribution in [2.24, 2.45) is 0 Å². The van der Waals surface area contributed by atoms with Gasteiger partial charge in [0, 0.05) is 31.4 Å². The summed E-state index contributed by atoms with van der Waals surface area (Å²) in [5.41, 5.74) is 2.38. The number of hydrogen-bond acceptors (Lipinski definition) is 4. The Hall–Kier alpha value is -1.59. The van der Waals surface area contributed by atoms with Gasteiger partial charge in [0.2, 0.25) is 5.91 Å². The van der Waals surface area contributed by atoms with Gasteiger partial charge in [-0.1, -0.05) is 19.1 Å². The lowest BCUT2D eigenvalue weighted by atomic mass is 10.0. The number of nitrogens with one attached hydrogen (secondary N) is 2. The predicted molar refractivity (Wildman–Crippen MR) is 93.6 cm³/mol. The smallest absolute Gasteiger partial charge is 0.233 e. The summed E-state index contributed by atoms with van der Waals surface area (Å²) in [6.45, 7) is 7.00. The lowest BCUT2D eigenvalue weighted by Crippen LogP contribution is -2.36. The monoisotopic (exact) mass is 319 g/mol. The third-order valence-corrected chi connectivity index (χ3v) is 4.36. The molecular weight excluding hydrogens is 290 g/mol. The molecule has 1 aromatic carbocycles. The minimum absolute atomic E-state index is 0.0437. The highest BCUT2D eigenvalue weighted by atomic mass is 16.3. The van der Waals surface area contributed by atoms with Gasteiger partial charge >= 0.3 is 0 Å². The molecule has 1 atom stereocenters. The third kappa shape index (κ3) is 5.52. The van der Waals surface area contributed by atoms with E-state index < -0.39 is 0 Å². The zero-order valence-electron chi connectivity index (χ0n) is 14.2. The lowest BCUT2D eigenvalue weighted by molar-refractivity contribution is -0.120. The van der Waals surface area contributed by atoms with E-state index in [0.29, 0.717) is 6.54 Å². The molecule has 1 aliphatic rings. The van der Waals surface area contributed by atoms with Crippen molar-refractivity contribution in [1.82, 2.24) is 10.6 Å². The molecule has 0 bridgehead atoms. The fraction of sp³-hybridized carbons (Fsp3) is 0.611. The van der Waals surface area contributed by atoms with Crippen LogP contribution in [0.5, 0.6) is 0 Å². The first-order valence-electron chi connectivity index (χ1n) is 8.63. The van der Waals surface area contributed by atoms with Crippen molar-refractivity contribution >= 4 is 11.6 Å². The Bertz CT molecular complexity index is 482.